The van der Waals surface area contributed by atoms with Gasteiger partial charge in [0, 0.05) is 18.3 Å². The summed E-state index contributed by atoms with van der Waals surface area (Å²) < 4.78 is 27.4. The molecule has 3 rings (SSSR count). The molecule has 0 aliphatic heterocycles. The normalized spacial score (nSPS) is 19.9. The summed E-state index contributed by atoms with van der Waals surface area (Å²) in [7, 11) is -3.39. The maximum Gasteiger partial charge on any atom is 0.243 e. The van der Waals surface area contributed by atoms with Gasteiger partial charge in [0.25, 0.3) is 0 Å². The van der Waals surface area contributed by atoms with Gasteiger partial charge in [0.2, 0.25) is 10.0 Å². The number of benzene rings is 1. The maximum atomic E-state index is 12.8. The first-order valence-electron chi connectivity index (χ1n) is 6.87. The quantitative estimate of drug-likeness (QED) is 0.840. The van der Waals surface area contributed by atoms with Gasteiger partial charge in [0.1, 0.15) is 0 Å². The molecule has 2 N–H and O–H groups in total. The average molecular weight is 280 g/mol. The van der Waals surface area contributed by atoms with Crippen molar-refractivity contribution < 1.29 is 8.42 Å². The first-order chi connectivity index (χ1) is 9.00. The highest BCUT2D eigenvalue weighted by molar-refractivity contribution is 7.89. The number of sulfonamides is 1. The number of nitrogens with zero attached hydrogens (tertiary/aromatic N) is 1. The van der Waals surface area contributed by atoms with Crippen LogP contribution < -0.4 is 5.73 Å². The number of nitrogen functional groups attached to an aromatic ring is 1. The Bertz CT molecular complexity index is 589. The van der Waals surface area contributed by atoms with Crippen molar-refractivity contribution in [2.45, 2.75) is 43.5 Å². The highest BCUT2D eigenvalue weighted by atomic mass is 32.2. The zero-order valence-electron chi connectivity index (χ0n) is 11.2. The van der Waals surface area contributed by atoms with E-state index in [1.807, 2.05) is 0 Å². The Morgan fingerprint density at radius 3 is 2.53 bits per heavy atom. The van der Waals surface area contributed by atoms with Crippen molar-refractivity contribution in [1.29, 1.82) is 0 Å². The second kappa shape index (κ2) is 4.49. The van der Waals surface area contributed by atoms with Crippen molar-refractivity contribution in [2.75, 3.05) is 12.3 Å². The van der Waals surface area contributed by atoms with E-state index >= 15 is 0 Å². The van der Waals surface area contributed by atoms with E-state index in [-0.39, 0.29) is 6.04 Å². The van der Waals surface area contributed by atoms with Gasteiger partial charge >= 0.3 is 0 Å². The third-order valence-electron chi connectivity index (χ3n) is 4.00. The van der Waals surface area contributed by atoms with E-state index in [0.29, 0.717) is 28.6 Å². The minimum atomic E-state index is -3.39. The van der Waals surface area contributed by atoms with Crippen molar-refractivity contribution >= 4 is 15.7 Å². The fourth-order valence-corrected chi connectivity index (χ4v) is 4.42. The van der Waals surface area contributed by atoms with E-state index in [9.17, 15) is 8.42 Å². The van der Waals surface area contributed by atoms with Gasteiger partial charge in [0.05, 0.1) is 4.90 Å². The molecule has 0 unspecified atom stereocenters. The third kappa shape index (κ3) is 2.49. The van der Waals surface area contributed by atoms with Crippen LogP contribution in [0.2, 0.25) is 0 Å². The molecular weight excluding hydrogens is 260 g/mol. The molecule has 0 amide bonds. The van der Waals surface area contributed by atoms with Crippen molar-refractivity contribution in [3.8, 4) is 0 Å². The predicted molar refractivity (Wildman–Crippen MR) is 75.2 cm³/mol. The summed E-state index contributed by atoms with van der Waals surface area (Å²) in [5, 5.41) is 0. The lowest BCUT2D eigenvalue weighted by molar-refractivity contribution is 0.388. The highest BCUT2D eigenvalue weighted by Crippen LogP contribution is 2.38. The van der Waals surface area contributed by atoms with Gasteiger partial charge in [-0.05, 0) is 56.2 Å². The number of hydrogen-bond donors (Lipinski definition) is 1. The lowest BCUT2D eigenvalue weighted by Crippen LogP contribution is -2.35. The molecule has 0 radical (unpaired) electrons. The Morgan fingerprint density at radius 1 is 1.26 bits per heavy atom. The van der Waals surface area contributed by atoms with Crippen LogP contribution in [0.4, 0.5) is 5.69 Å². The van der Waals surface area contributed by atoms with E-state index in [0.717, 1.165) is 25.7 Å². The second-order valence-corrected chi connectivity index (χ2v) is 7.58. The van der Waals surface area contributed by atoms with Crippen LogP contribution in [0.15, 0.2) is 23.1 Å². The molecule has 19 heavy (non-hydrogen) atoms. The minimum Gasteiger partial charge on any atom is -0.398 e. The largest absolute Gasteiger partial charge is 0.398 e. The average Bonchev–Trinajstić information content (AvgIpc) is 3.23. The van der Waals surface area contributed by atoms with Gasteiger partial charge in [-0.15, -0.1) is 0 Å². The van der Waals surface area contributed by atoms with Gasteiger partial charge < -0.3 is 5.73 Å². The molecule has 2 saturated carbocycles. The molecule has 0 atom stereocenters. The zero-order chi connectivity index (χ0) is 13.6. The summed E-state index contributed by atoms with van der Waals surface area (Å²) in [6.45, 7) is 2.46. The summed E-state index contributed by atoms with van der Waals surface area (Å²) >= 11 is 0. The van der Waals surface area contributed by atoms with Gasteiger partial charge in [0.15, 0.2) is 0 Å². The van der Waals surface area contributed by atoms with Gasteiger partial charge in [-0.1, -0.05) is 6.07 Å². The fraction of sp³-hybridized carbons (Fsp3) is 0.571. The predicted octanol–water partition coefficient (Wildman–Crippen LogP) is 2.14. The fourth-order valence-electron chi connectivity index (χ4n) is 2.40. The molecular formula is C14H20N2O2S. The Hall–Kier alpha value is -1.07. The zero-order valence-corrected chi connectivity index (χ0v) is 12.0. The molecule has 104 valence electrons. The molecule has 0 heterocycles. The van der Waals surface area contributed by atoms with Crippen molar-refractivity contribution in [2.24, 2.45) is 5.92 Å². The number of anilines is 1. The molecule has 2 aliphatic carbocycles. The lowest BCUT2D eigenvalue weighted by atomic mass is 10.2. The van der Waals surface area contributed by atoms with Gasteiger partial charge in [-0.2, -0.15) is 4.31 Å². The van der Waals surface area contributed by atoms with E-state index in [2.05, 4.69) is 0 Å². The molecule has 1 aromatic rings. The van der Waals surface area contributed by atoms with Crippen molar-refractivity contribution in [3.63, 3.8) is 0 Å². The summed E-state index contributed by atoms with van der Waals surface area (Å²) in [5.41, 5.74) is 7.05. The van der Waals surface area contributed by atoms with Crippen LogP contribution in [0.1, 0.15) is 31.2 Å². The van der Waals surface area contributed by atoms with Crippen LogP contribution in [-0.2, 0) is 10.0 Å². The molecule has 1 aromatic carbocycles. The number of nitrogens with two attached hydrogens (primary N) is 1. The summed E-state index contributed by atoms with van der Waals surface area (Å²) in [4.78, 5) is 0.375. The molecule has 5 heteroatoms. The Balaban J connectivity index is 1.97. The smallest absolute Gasteiger partial charge is 0.243 e. The first kappa shape index (κ1) is 12.9. The van der Waals surface area contributed by atoms with Crippen LogP contribution >= 0.6 is 0 Å². The maximum absolute atomic E-state index is 12.8. The molecule has 0 bridgehead atoms. The topological polar surface area (TPSA) is 63.4 Å². The van der Waals surface area contributed by atoms with Gasteiger partial charge in [-0.25, -0.2) is 8.42 Å². The molecule has 0 spiro atoms. The standard InChI is InChI=1S/C14H20N2O2S/c1-10-13(15)3-2-4-14(10)19(17,18)16(12-7-8-12)9-11-5-6-11/h2-4,11-12H,5-9,15H2,1H3. The van der Waals surface area contributed by atoms with Crippen LogP contribution in [-0.4, -0.2) is 25.3 Å². The third-order valence-corrected chi connectivity index (χ3v) is 6.06. The van der Waals surface area contributed by atoms with Gasteiger partial charge in [-0.3, -0.25) is 0 Å². The SMILES string of the molecule is Cc1c(N)cccc1S(=O)(=O)N(CC1CC1)C1CC1. The number of hydrogen-bond acceptors (Lipinski definition) is 3. The highest BCUT2D eigenvalue weighted by Gasteiger charge is 2.41. The summed E-state index contributed by atoms with van der Waals surface area (Å²) in [5.74, 6) is 0.566. The second-order valence-electron chi connectivity index (χ2n) is 5.72. The molecule has 0 aromatic heterocycles. The first-order valence-corrected chi connectivity index (χ1v) is 8.31. The minimum absolute atomic E-state index is 0.214. The summed E-state index contributed by atoms with van der Waals surface area (Å²) in [6, 6.07) is 5.35. The van der Waals surface area contributed by atoms with Crippen LogP contribution in [0.25, 0.3) is 0 Å². The van der Waals surface area contributed by atoms with Crippen LogP contribution in [0.5, 0.6) is 0 Å². The lowest BCUT2D eigenvalue weighted by Gasteiger charge is -2.23. The van der Waals surface area contributed by atoms with E-state index in [1.165, 1.54) is 0 Å². The van der Waals surface area contributed by atoms with E-state index < -0.39 is 10.0 Å². The molecule has 4 nitrogen and oxygen atoms in total. The molecule has 2 aliphatic rings. The Labute approximate surface area is 114 Å². The molecule has 0 saturated heterocycles. The van der Waals surface area contributed by atoms with Crippen molar-refractivity contribution in [3.05, 3.63) is 23.8 Å². The van der Waals surface area contributed by atoms with Crippen LogP contribution in [0.3, 0.4) is 0 Å². The Kier molecular flexibility index (Phi) is 3.06. The van der Waals surface area contributed by atoms with Crippen LogP contribution in [0, 0.1) is 12.8 Å². The number of rotatable bonds is 5. The Morgan fingerprint density at radius 2 is 1.95 bits per heavy atom. The van der Waals surface area contributed by atoms with Crippen molar-refractivity contribution in [1.82, 2.24) is 4.31 Å². The van der Waals surface area contributed by atoms with E-state index in [1.54, 1.807) is 29.4 Å². The summed E-state index contributed by atoms with van der Waals surface area (Å²) in [6.07, 6.45) is 4.31. The monoisotopic (exact) mass is 280 g/mol. The van der Waals surface area contributed by atoms with E-state index in [4.69, 9.17) is 5.73 Å². The molecule has 2 fully saturated rings.